The van der Waals surface area contributed by atoms with Crippen molar-refractivity contribution in [2.24, 2.45) is 0 Å². The van der Waals surface area contributed by atoms with Crippen LogP contribution in [0.1, 0.15) is 41.5 Å². The van der Waals surface area contributed by atoms with Crippen LogP contribution in [0, 0.1) is 0 Å². The molecule has 0 atom stereocenters. The van der Waals surface area contributed by atoms with Crippen molar-refractivity contribution >= 4 is 80.4 Å². The lowest BCUT2D eigenvalue weighted by molar-refractivity contribution is -0.116. The molecule has 0 aliphatic carbocycles. The normalized spacial score (nSPS) is 17.0. The van der Waals surface area contributed by atoms with Crippen molar-refractivity contribution in [3.8, 4) is 0 Å². The number of hydrogen-bond donors (Lipinski definition) is 0. The number of amides is 4. The van der Waals surface area contributed by atoms with Crippen LogP contribution in [0.4, 0.5) is 21.0 Å². The minimum atomic E-state index is -0.886. The highest BCUT2D eigenvalue weighted by molar-refractivity contribution is 8.08. The van der Waals surface area contributed by atoms with Gasteiger partial charge in [0.1, 0.15) is 11.2 Å². The standard InChI is InChI=1S/C34H30N2O6S2/c1-33(2,3)41-31(39)35-25-21-13-9-7-11-19(21)15-17-23(25)43-27(29(35)37)28-30(38)36(32(40)42-34(4,5)6)26-22-14-10-8-12-20(22)16-18-24(26)44-28/h7-18H,1-6H3/b28-27+. The van der Waals surface area contributed by atoms with Crippen LogP contribution >= 0.6 is 23.5 Å². The molecule has 6 rings (SSSR count). The number of nitrogens with zero attached hydrogens (tertiary/aromatic N) is 2. The van der Waals surface area contributed by atoms with Crippen LogP contribution in [0.15, 0.2) is 92.4 Å². The van der Waals surface area contributed by atoms with Gasteiger partial charge in [0, 0.05) is 20.6 Å². The number of thioether (sulfide) groups is 2. The third-order valence-electron chi connectivity index (χ3n) is 6.75. The zero-order chi connectivity index (χ0) is 31.6. The van der Waals surface area contributed by atoms with E-state index in [1.807, 2.05) is 72.8 Å². The van der Waals surface area contributed by atoms with E-state index in [1.165, 1.54) is 0 Å². The topological polar surface area (TPSA) is 93.2 Å². The van der Waals surface area contributed by atoms with Gasteiger partial charge in [-0.1, -0.05) is 84.2 Å². The van der Waals surface area contributed by atoms with Gasteiger partial charge in [-0.25, -0.2) is 19.4 Å². The highest BCUT2D eigenvalue weighted by Gasteiger charge is 2.45. The lowest BCUT2D eigenvalue weighted by Gasteiger charge is -2.35. The van der Waals surface area contributed by atoms with Gasteiger partial charge in [-0.2, -0.15) is 0 Å². The van der Waals surface area contributed by atoms with E-state index in [4.69, 9.17) is 9.47 Å². The van der Waals surface area contributed by atoms with Crippen molar-refractivity contribution in [3.63, 3.8) is 0 Å². The molecule has 8 nitrogen and oxygen atoms in total. The maximum atomic E-state index is 14.4. The third kappa shape index (κ3) is 5.33. The minimum Gasteiger partial charge on any atom is -0.443 e. The Balaban J connectivity index is 1.57. The monoisotopic (exact) mass is 626 g/mol. The fourth-order valence-corrected chi connectivity index (χ4v) is 7.34. The second-order valence-corrected chi connectivity index (χ2v) is 14.5. The summed E-state index contributed by atoms with van der Waals surface area (Å²) in [5.74, 6) is -1.42. The number of fused-ring (bicyclic) bond motifs is 6. The zero-order valence-corrected chi connectivity index (χ0v) is 26.7. The van der Waals surface area contributed by atoms with Gasteiger partial charge < -0.3 is 9.47 Å². The molecule has 2 aliphatic rings. The first kappa shape index (κ1) is 29.8. The number of benzene rings is 4. The van der Waals surface area contributed by atoms with Gasteiger partial charge in [-0.3, -0.25) is 9.59 Å². The number of rotatable bonds is 0. The Kier molecular flexibility index (Phi) is 7.25. The van der Waals surface area contributed by atoms with Gasteiger partial charge in [-0.15, -0.1) is 0 Å². The summed E-state index contributed by atoms with van der Waals surface area (Å²) in [5, 5.41) is 3.06. The fourth-order valence-electron chi connectivity index (χ4n) is 5.06. The quantitative estimate of drug-likeness (QED) is 0.179. The van der Waals surface area contributed by atoms with Gasteiger partial charge in [0.25, 0.3) is 11.8 Å². The summed E-state index contributed by atoms with van der Waals surface area (Å²) < 4.78 is 11.4. The van der Waals surface area contributed by atoms with Crippen LogP contribution in [0.5, 0.6) is 0 Å². The van der Waals surface area contributed by atoms with Crippen LogP contribution in [0.2, 0.25) is 0 Å². The lowest BCUT2D eigenvalue weighted by Crippen LogP contribution is -2.46. The molecule has 0 fully saturated rings. The van der Waals surface area contributed by atoms with Crippen molar-refractivity contribution in [3.05, 3.63) is 82.6 Å². The van der Waals surface area contributed by atoms with Crippen LogP contribution < -0.4 is 9.80 Å². The van der Waals surface area contributed by atoms with Crippen molar-refractivity contribution < 1.29 is 28.7 Å². The van der Waals surface area contributed by atoms with Gasteiger partial charge in [0.15, 0.2) is 0 Å². The molecule has 4 aromatic rings. The summed E-state index contributed by atoms with van der Waals surface area (Å²) in [4.78, 5) is 59.4. The Labute approximate surface area is 263 Å². The SMILES string of the molecule is CC(C)(C)OC(=O)N1C(=O)/C(=C2\Sc3ccc4ccccc4c3N(C(=O)OC(C)(C)C)C2=O)Sc2ccc3ccccc3c21. The molecular formula is C34H30N2O6S2. The second-order valence-electron chi connectivity index (χ2n) is 12.4. The van der Waals surface area contributed by atoms with Crippen LogP contribution in [-0.4, -0.2) is 35.2 Å². The molecule has 0 bridgehead atoms. The highest BCUT2D eigenvalue weighted by Crippen LogP contribution is 2.52. The molecule has 224 valence electrons. The zero-order valence-electron chi connectivity index (χ0n) is 25.1. The molecule has 0 saturated heterocycles. The third-order valence-corrected chi connectivity index (χ3v) is 9.15. The molecule has 0 radical (unpaired) electrons. The van der Waals surface area contributed by atoms with Gasteiger partial charge in [-0.05, 0) is 64.4 Å². The first-order valence-corrected chi connectivity index (χ1v) is 15.7. The summed E-state index contributed by atoms with van der Waals surface area (Å²) in [6.45, 7) is 10.3. The second kappa shape index (κ2) is 10.7. The van der Waals surface area contributed by atoms with E-state index in [1.54, 1.807) is 41.5 Å². The van der Waals surface area contributed by atoms with E-state index >= 15 is 0 Å². The van der Waals surface area contributed by atoms with E-state index in [0.717, 1.165) is 44.1 Å². The summed E-state index contributed by atoms with van der Waals surface area (Å²) >= 11 is 2.19. The van der Waals surface area contributed by atoms with Crippen LogP contribution in [-0.2, 0) is 19.1 Å². The molecule has 44 heavy (non-hydrogen) atoms. The van der Waals surface area contributed by atoms with Crippen molar-refractivity contribution in [2.45, 2.75) is 62.5 Å². The van der Waals surface area contributed by atoms with Gasteiger partial charge in [0.05, 0.1) is 21.2 Å². The maximum Gasteiger partial charge on any atom is 0.422 e. The number of carbonyl (C=O) groups excluding carboxylic acids is 4. The molecular weight excluding hydrogens is 597 g/mol. The van der Waals surface area contributed by atoms with E-state index in [2.05, 4.69) is 0 Å². The van der Waals surface area contributed by atoms with Crippen LogP contribution in [0.25, 0.3) is 21.5 Å². The van der Waals surface area contributed by atoms with E-state index in [9.17, 15) is 19.2 Å². The number of anilines is 2. The van der Waals surface area contributed by atoms with E-state index < -0.39 is 35.2 Å². The molecule has 2 heterocycles. The fraction of sp³-hybridized carbons (Fsp3) is 0.235. The summed E-state index contributed by atoms with van der Waals surface area (Å²) in [5.41, 5.74) is -0.994. The first-order chi connectivity index (χ1) is 20.7. The number of hydrogen-bond acceptors (Lipinski definition) is 8. The molecule has 0 N–H and O–H groups in total. The number of ether oxygens (including phenoxy) is 2. The molecule has 0 saturated carbocycles. The largest absolute Gasteiger partial charge is 0.443 e. The van der Waals surface area contributed by atoms with Gasteiger partial charge in [0.2, 0.25) is 0 Å². The van der Waals surface area contributed by atoms with Crippen LogP contribution in [0.3, 0.4) is 0 Å². The Hall–Kier alpha value is -4.28. The van der Waals surface area contributed by atoms with Crippen molar-refractivity contribution in [1.29, 1.82) is 0 Å². The Bertz CT molecular complexity index is 1800. The molecule has 2 aliphatic heterocycles. The Morgan fingerprint density at radius 2 is 0.932 bits per heavy atom. The summed E-state index contributed by atoms with van der Waals surface area (Å²) in [6, 6.07) is 22.3. The Morgan fingerprint density at radius 3 is 1.30 bits per heavy atom. The van der Waals surface area contributed by atoms with Crippen molar-refractivity contribution in [2.75, 3.05) is 9.80 Å². The molecule has 0 aromatic heterocycles. The smallest absolute Gasteiger partial charge is 0.422 e. The molecule has 0 unspecified atom stereocenters. The average Bonchev–Trinajstić information content (AvgIpc) is 2.94. The maximum absolute atomic E-state index is 14.4. The molecule has 10 heteroatoms. The molecule has 4 aromatic carbocycles. The lowest BCUT2D eigenvalue weighted by atomic mass is 10.1. The highest BCUT2D eigenvalue weighted by atomic mass is 32.2. The molecule has 0 spiro atoms. The summed E-state index contributed by atoms with van der Waals surface area (Å²) in [6.07, 6.45) is -1.72. The predicted molar refractivity (Wildman–Crippen MR) is 174 cm³/mol. The Morgan fingerprint density at radius 1 is 0.568 bits per heavy atom. The van der Waals surface area contributed by atoms with Gasteiger partial charge >= 0.3 is 12.2 Å². The number of imide groups is 2. The summed E-state index contributed by atoms with van der Waals surface area (Å²) in [7, 11) is 0. The molecule has 4 amide bonds. The average molecular weight is 627 g/mol. The van der Waals surface area contributed by atoms with Crippen molar-refractivity contribution in [1.82, 2.24) is 0 Å². The first-order valence-electron chi connectivity index (χ1n) is 14.0. The minimum absolute atomic E-state index is 0.0148. The number of carbonyl (C=O) groups is 4. The van der Waals surface area contributed by atoms with E-state index in [-0.39, 0.29) is 9.81 Å². The predicted octanol–water partition coefficient (Wildman–Crippen LogP) is 8.65. The van der Waals surface area contributed by atoms with E-state index in [0.29, 0.717) is 31.9 Å².